The number of carbonyl (C=O) groups excluding carboxylic acids is 1. The lowest BCUT2D eigenvalue weighted by molar-refractivity contribution is 0.102. The maximum atomic E-state index is 12.1. The lowest BCUT2D eigenvalue weighted by atomic mass is 10.2. The van der Waals surface area contributed by atoms with Crippen molar-refractivity contribution in [3.8, 4) is 0 Å². The lowest BCUT2D eigenvalue weighted by Crippen LogP contribution is -2.13. The van der Waals surface area contributed by atoms with E-state index in [9.17, 15) is 4.79 Å². The van der Waals surface area contributed by atoms with Gasteiger partial charge >= 0.3 is 0 Å². The number of thiocarbonyl (C=S) groups is 1. The van der Waals surface area contributed by atoms with E-state index in [-0.39, 0.29) is 5.91 Å². The van der Waals surface area contributed by atoms with Crippen molar-refractivity contribution in [1.29, 1.82) is 0 Å². The third-order valence-electron chi connectivity index (χ3n) is 2.60. The first kappa shape index (κ1) is 15.0. The fraction of sp³-hybridized carbons (Fsp3) is 0. The summed E-state index contributed by atoms with van der Waals surface area (Å²) in [6.07, 6.45) is 0. The molecule has 2 rings (SSSR count). The van der Waals surface area contributed by atoms with Crippen molar-refractivity contribution in [1.82, 2.24) is 0 Å². The summed E-state index contributed by atoms with van der Waals surface area (Å²) in [6.45, 7) is 0. The van der Waals surface area contributed by atoms with E-state index in [1.807, 2.05) is 0 Å². The molecule has 0 fully saturated rings. The second-order valence-electron chi connectivity index (χ2n) is 4.02. The van der Waals surface area contributed by atoms with Crippen LogP contribution < -0.4 is 11.1 Å². The summed E-state index contributed by atoms with van der Waals surface area (Å²) in [7, 11) is 0. The normalized spacial score (nSPS) is 10.1. The van der Waals surface area contributed by atoms with Gasteiger partial charge in [-0.25, -0.2) is 0 Å². The van der Waals surface area contributed by atoms with Gasteiger partial charge in [-0.15, -0.1) is 0 Å². The standard InChI is InChI=1S/C14H10BrClN2OS/c15-9-3-6-12(16)11(7-9)14(19)18-10-4-1-8(2-5-10)13(17)20/h1-7H,(H2,17,20)(H,18,19). The van der Waals surface area contributed by atoms with E-state index in [1.54, 1.807) is 42.5 Å². The van der Waals surface area contributed by atoms with Crippen molar-refractivity contribution in [2.24, 2.45) is 5.73 Å². The van der Waals surface area contributed by atoms with Gasteiger partial charge in [0.25, 0.3) is 5.91 Å². The Balaban J connectivity index is 2.19. The van der Waals surface area contributed by atoms with Crippen molar-refractivity contribution in [2.45, 2.75) is 0 Å². The number of benzene rings is 2. The van der Waals surface area contributed by atoms with Crippen LogP contribution in [0.2, 0.25) is 5.02 Å². The van der Waals surface area contributed by atoms with E-state index < -0.39 is 0 Å². The number of hydrogen-bond acceptors (Lipinski definition) is 2. The minimum atomic E-state index is -0.278. The molecule has 0 aromatic heterocycles. The molecular weight excluding hydrogens is 360 g/mol. The van der Waals surface area contributed by atoms with Crippen molar-refractivity contribution in [2.75, 3.05) is 5.32 Å². The largest absolute Gasteiger partial charge is 0.389 e. The van der Waals surface area contributed by atoms with Crippen LogP contribution >= 0.6 is 39.7 Å². The Morgan fingerprint density at radius 3 is 2.45 bits per heavy atom. The predicted octanol–water partition coefficient (Wildman–Crippen LogP) is 3.99. The molecule has 0 bridgehead atoms. The molecule has 3 N–H and O–H groups in total. The Bertz CT molecular complexity index is 673. The number of halogens is 2. The van der Waals surface area contributed by atoms with Crippen molar-refractivity contribution >= 4 is 56.3 Å². The fourth-order valence-corrected chi connectivity index (χ4v) is 2.29. The molecule has 20 heavy (non-hydrogen) atoms. The smallest absolute Gasteiger partial charge is 0.257 e. The summed E-state index contributed by atoms with van der Waals surface area (Å²) in [4.78, 5) is 12.5. The van der Waals surface area contributed by atoms with Gasteiger partial charge in [0.2, 0.25) is 0 Å². The lowest BCUT2D eigenvalue weighted by Gasteiger charge is -2.08. The van der Waals surface area contributed by atoms with E-state index >= 15 is 0 Å². The Hall–Kier alpha value is -1.43. The molecule has 0 spiro atoms. The van der Waals surface area contributed by atoms with Crippen LogP contribution in [-0.2, 0) is 0 Å². The molecule has 0 atom stereocenters. The van der Waals surface area contributed by atoms with E-state index in [0.717, 1.165) is 10.0 Å². The van der Waals surface area contributed by atoms with Crippen LogP contribution in [0.25, 0.3) is 0 Å². The maximum absolute atomic E-state index is 12.1. The van der Waals surface area contributed by atoms with Gasteiger partial charge in [0.1, 0.15) is 4.99 Å². The minimum Gasteiger partial charge on any atom is -0.389 e. The molecule has 0 aliphatic rings. The molecule has 0 aliphatic carbocycles. The highest BCUT2D eigenvalue weighted by atomic mass is 79.9. The van der Waals surface area contributed by atoms with Gasteiger partial charge in [-0.3, -0.25) is 4.79 Å². The van der Waals surface area contributed by atoms with E-state index in [1.165, 1.54) is 0 Å². The monoisotopic (exact) mass is 368 g/mol. The van der Waals surface area contributed by atoms with Crippen LogP contribution in [0.1, 0.15) is 15.9 Å². The van der Waals surface area contributed by atoms with Crippen molar-refractivity contribution < 1.29 is 4.79 Å². The maximum Gasteiger partial charge on any atom is 0.257 e. The molecule has 0 saturated heterocycles. The second kappa shape index (κ2) is 6.35. The molecular formula is C14H10BrClN2OS. The average Bonchev–Trinajstić information content (AvgIpc) is 2.42. The predicted molar refractivity (Wildman–Crippen MR) is 89.4 cm³/mol. The molecule has 0 unspecified atom stereocenters. The summed E-state index contributed by atoms with van der Waals surface area (Å²) in [5, 5.41) is 3.16. The Morgan fingerprint density at radius 1 is 1.20 bits per heavy atom. The van der Waals surface area contributed by atoms with Crippen molar-refractivity contribution in [3.63, 3.8) is 0 Å². The van der Waals surface area contributed by atoms with Gasteiger partial charge in [-0.05, 0) is 42.5 Å². The van der Waals surface area contributed by atoms with E-state index in [0.29, 0.717) is 21.3 Å². The zero-order chi connectivity index (χ0) is 14.7. The zero-order valence-corrected chi connectivity index (χ0v) is 13.3. The Kier molecular flexibility index (Phi) is 4.75. The molecule has 2 aromatic carbocycles. The quantitative estimate of drug-likeness (QED) is 0.804. The number of anilines is 1. The SMILES string of the molecule is NC(=S)c1ccc(NC(=O)c2cc(Br)ccc2Cl)cc1. The van der Waals surface area contributed by atoms with Crippen LogP contribution in [-0.4, -0.2) is 10.9 Å². The van der Waals surface area contributed by atoms with Crippen LogP contribution in [0, 0.1) is 0 Å². The van der Waals surface area contributed by atoms with Gasteiger partial charge in [0, 0.05) is 15.7 Å². The number of carbonyl (C=O) groups is 1. The Morgan fingerprint density at radius 2 is 1.85 bits per heavy atom. The first-order valence-electron chi connectivity index (χ1n) is 5.63. The molecule has 3 nitrogen and oxygen atoms in total. The molecule has 2 aromatic rings. The highest BCUT2D eigenvalue weighted by Crippen LogP contribution is 2.22. The topological polar surface area (TPSA) is 55.1 Å². The molecule has 0 heterocycles. The van der Waals surface area contributed by atoms with Crippen LogP contribution in [0.4, 0.5) is 5.69 Å². The van der Waals surface area contributed by atoms with Crippen LogP contribution in [0.5, 0.6) is 0 Å². The van der Waals surface area contributed by atoms with E-state index in [4.69, 9.17) is 29.6 Å². The average molecular weight is 370 g/mol. The summed E-state index contributed by atoms with van der Waals surface area (Å²) in [5.74, 6) is -0.278. The zero-order valence-electron chi connectivity index (χ0n) is 10.2. The number of amides is 1. The summed E-state index contributed by atoms with van der Waals surface area (Å²) < 4.78 is 0.788. The van der Waals surface area contributed by atoms with Gasteiger partial charge < -0.3 is 11.1 Å². The second-order valence-corrected chi connectivity index (χ2v) is 5.78. The third-order valence-corrected chi connectivity index (χ3v) is 3.66. The van der Waals surface area contributed by atoms with Crippen LogP contribution in [0.3, 0.4) is 0 Å². The van der Waals surface area contributed by atoms with Gasteiger partial charge in [0.15, 0.2) is 0 Å². The molecule has 0 saturated carbocycles. The number of hydrogen-bond donors (Lipinski definition) is 2. The summed E-state index contributed by atoms with van der Waals surface area (Å²) in [6, 6.07) is 12.1. The summed E-state index contributed by atoms with van der Waals surface area (Å²) >= 11 is 14.2. The first-order chi connectivity index (χ1) is 9.47. The third kappa shape index (κ3) is 3.56. The Labute approximate surface area is 135 Å². The molecule has 0 aliphatic heterocycles. The molecule has 102 valence electrons. The van der Waals surface area contributed by atoms with Gasteiger partial charge in [-0.2, -0.15) is 0 Å². The van der Waals surface area contributed by atoms with Crippen molar-refractivity contribution in [3.05, 3.63) is 63.1 Å². The molecule has 0 radical (unpaired) electrons. The fourth-order valence-electron chi connectivity index (χ4n) is 1.59. The molecule has 1 amide bonds. The first-order valence-corrected chi connectivity index (χ1v) is 7.21. The summed E-state index contributed by atoms with van der Waals surface area (Å²) in [5.41, 5.74) is 7.31. The van der Waals surface area contributed by atoms with Gasteiger partial charge in [0.05, 0.1) is 10.6 Å². The molecule has 6 heteroatoms. The van der Waals surface area contributed by atoms with Crippen LogP contribution in [0.15, 0.2) is 46.9 Å². The number of rotatable bonds is 3. The van der Waals surface area contributed by atoms with E-state index in [2.05, 4.69) is 21.2 Å². The number of nitrogens with two attached hydrogens (primary N) is 1. The number of nitrogens with one attached hydrogen (secondary N) is 1. The minimum absolute atomic E-state index is 0.278. The highest BCUT2D eigenvalue weighted by Gasteiger charge is 2.11. The highest BCUT2D eigenvalue weighted by molar-refractivity contribution is 9.10. The van der Waals surface area contributed by atoms with Gasteiger partial charge in [-0.1, -0.05) is 39.7 Å².